The number of alkyl halides is 6. The van der Waals surface area contributed by atoms with Gasteiger partial charge in [-0.2, -0.15) is 18.2 Å². The van der Waals surface area contributed by atoms with Crippen molar-refractivity contribution in [1.29, 1.82) is 0 Å². The fourth-order valence-electron chi connectivity index (χ4n) is 4.38. The summed E-state index contributed by atoms with van der Waals surface area (Å²) in [5.74, 6) is -0.491. The maximum absolute atomic E-state index is 12.9. The Labute approximate surface area is 267 Å². The SMILES string of the molecule is Cc1ccc(OCCC(F)(F)F)c(N2C(=O)CSC2=NC(=O)Nc2ccc(-c3ncn(-c4ccc(OC(F)(F)F)cc4)n3)cc2C)c1. The molecule has 0 saturated carbocycles. The highest BCUT2D eigenvalue weighted by Gasteiger charge is 2.34. The lowest BCUT2D eigenvalue weighted by Gasteiger charge is -2.21. The molecule has 0 spiro atoms. The van der Waals surface area contributed by atoms with Gasteiger partial charge in [-0.15, -0.1) is 18.3 Å². The van der Waals surface area contributed by atoms with E-state index in [9.17, 15) is 35.9 Å². The monoisotopic (exact) mass is 678 g/mol. The standard InChI is InChI=1S/C30H24F6N6O4S/c1-17-3-10-24(45-12-11-29(31,32)33)23(13-17)42-25(43)15-47-28(42)39-27(44)38-22-9-4-19(14-18(22)2)26-37-16-41(40-26)20-5-7-21(8-6-20)46-30(34,35)36/h3-10,13-14,16H,11-12,15H2,1-2H3,(H,38,44). The number of amides is 3. The summed E-state index contributed by atoms with van der Waals surface area (Å²) in [6.45, 7) is 2.81. The van der Waals surface area contributed by atoms with Crippen molar-refractivity contribution in [1.82, 2.24) is 14.8 Å². The molecule has 1 saturated heterocycles. The minimum atomic E-state index is -4.81. The number of urea groups is 1. The van der Waals surface area contributed by atoms with Crippen LogP contribution in [0.4, 0.5) is 42.5 Å². The molecule has 3 aromatic carbocycles. The number of carbonyl (C=O) groups excluding carboxylic acids is 2. The number of benzene rings is 3. The lowest BCUT2D eigenvalue weighted by atomic mass is 10.1. The van der Waals surface area contributed by atoms with Crippen LogP contribution in [0.25, 0.3) is 17.1 Å². The zero-order chi connectivity index (χ0) is 33.9. The van der Waals surface area contributed by atoms with E-state index in [1.807, 2.05) is 0 Å². The highest BCUT2D eigenvalue weighted by Crippen LogP contribution is 2.36. The number of thioether (sulfide) groups is 1. The van der Waals surface area contributed by atoms with Gasteiger partial charge in [0.15, 0.2) is 11.0 Å². The third-order valence-electron chi connectivity index (χ3n) is 6.51. The molecule has 1 aliphatic rings. The van der Waals surface area contributed by atoms with Gasteiger partial charge in [0.05, 0.1) is 30.2 Å². The van der Waals surface area contributed by atoms with Crippen molar-refractivity contribution < 1.29 is 45.4 Å². The van der Waals surface area contributed by atoms with Crippen LogP contribution in [0.2, 0.25) is 0 Å². The Hall–Kier alpha value is -5.06. The minimum absolute atomic E-state index is 0.0285. The Morgan fingerprint density at radius 2 is 1.77 bits per heavy atom. The number of hydrogen-bond donors (Lipinski definition) is 1. The lowest BCUT2D eigenvalue weighted by molar-refractivity contribution is -0.274. The predicted octanol–water partition coefficient (Wildman–Crippen LogP) is 7.45. The van der Waals surface area contributed by atoms with Crippen molar-refractivity contribution in [3.05, 3.63) is 78.1 Å². The normalized spacial score (nSPS) is 14.5. The van der Waals surface area contributed by atoms with E-state index in [4.69, 9.17) is 4.74 Å². The van der Waals surface area contributed by atoms with E-state index in [0.717, 1.165) is 28.8 Å². The molecule has 0 bridgehead atoms. The van der Waals surface area contributed by atoms with Crippen LogP contribution in [0, 0.1) is 13.8 Å². The van der Waals surface area contributed by atoms with Gasteiger partial charge in [0.2, 0.25) is 5.91 Å². The van der Waals surface area contributed by atoms with Crippen LogP contribution in [0.3, 0.4) is 0 Å². The van der Waals surface area contributed by atoms with Gasteiger partial charge in [-0.3, -0.25) is 9.69 Å². The van der Waals surface area contributed by atoms with Crippen LogP contribution in [0.15, 0.2) is 72.0 Å². The predicted molar refractivity (Wildman–Crippen MR) is 162 cm³/mol. The average molecular weight is 679 g/mol. The van der Waals surface area contributed by atoms with E-state index in [2.05, 4.69) is 25.1 Å². The summed E-state index contributed by atoms with van der Waals surface area (Å²) in [4.78, 5) is 35.2. The van der Waals surface area contributed by atoms with Crippen molar-refractivity contribution in [2.75, 3.05) is 22.6 Å². The number of nitrogens with zero attached hydrogens (tertiary/aromatic N) is 5. The van der Waals surface area contributed by atoms with Crippen LogP contribution < -0.4 is 19.7 Å². The number of aryl methyl sites for hydroxylation is 2. The van der Waals surface area contributed by atoms with Crippen LogP contribution >= 0.6 is 11.8 Å². The lowest BCUT2D eigenvalue weighted by Crippen LogP contribution is -2.31. The molecule has 1 N–H and O–H groups in total. The third-order valence-corrected chi connectivity index (χ3v) is 7.44. The molecular formula is C30H24F6N6O4S. The number of halogens is 6. The quantitative estimate of drug-likeness (QED) is 0.193. The Morgan fingerprint density at radius 1 is 1.02 bits per heavy atom. The maximum atomic E-state index is 12.9. The summed E-state index contributed by atoms with van der Waals surface area (Å²) in [7, 11) is 0. The number of hydrogen-bond acceptors (Lipinski definition) is 7. The van der Waals surface area contributed by atoms with E-state index in [1.54, 1.807) is 44.2 Å². The van der Waals surface area contributed by atoms with Crippen molar-refractivity contribution in [2.45, 2.75) is 32.8 Å². The van der Waals surface area contributed by atoms with E-state index in [-0.39, 0.29) is 28.1 Å². The number of aromatic nitrogens is 3. The van der Waals surface area contributed by atoms with E-state index in [1.165, 1.54) is 29.2 Å². The second-order valence-corrected chi connectivity index (χ2v) is 11.1. The molecule has 246 valence electrons. The molecule has 1 aliphatic heterocycles. The topological polar surface area (TPSA) is 111 Å². The van der Waals surface area contributed by atoms with Gasteiger partial charge in [-0.25, -0.2) is 14.5 Å². The molecule has 3 amide bonds. The zero-order valence-electron chi connectivity index (χ0n) is 24.5. The number of rotatable bonds is 8. The molecule has 10 nitrogen and oxygen atoms in total. The molecule has 2 heterocycles. The molecule has 1 aromatic heterocycles. The fraction of sp³-hybridized carbons (Fsp3) is 0.233. The Bertz CT molecular complexity index is 1820. The van der Waals surface area contributed by atoms with Gasteiger partial charge in [0.1, 0.15) is 17.8 Å². The molecule has 0 unspecified atom stereocenters. The Morgan fingerprint density at radius 3 is 2.45 bits per heavy atom. The smallest absolute Gasteiger partial charge is 0.491 e. The van der Waals surface area contributed by atoms with Gasteiger partial charge in [0, 0.05) is 11.3 Å². The molecule has 17 heteroatoms. The summed E-state index contributed by atoms with van der Waals surface area (Å²) in [6, 6.07) is 13.9. The number of aliphatic imine (C=N–C) groups is 1. The maximum Gasteiger partial charge on any atom is 0.573 e. The molecule has 4 aromatic rings. The second kappa shape index (κ2) is 13.4. The Balaban J connectivity index is 1.29. The third kappa shape index (κ3) is 8.60. The van der Waals surface area contributed by atoms with Crippen molar-refractivity contribution in [3.8, 4) is 28.6 Å². The van der Waals surface area contributed by atoms with Crippen molar-refractivity contribution >= 4 is 40.2 Å². The molecule has 5 rings (SSSR count). The van der Waals surface area contributed by atoms with Crippen LogP contribution in [-0.2, 0) is 4.79 Å². The summed E-state index contributed by atoms with van der Waals surface area (Å²) >= 11 is 0.997. The van der Waals surface area contributed by atoms with Crippen LogP contribution in [0.5, 0.6) is 11.5 Å². The van der Waals surface area contributed by atoms with E-state index in [0.29, 0.717) is 33.9 Å². The molecule has 0 aliphatic carbocycles. The first-order valence-corrected chi connectivity index (χ1v) is 14.7. The minimum Gasteiger partial charge on any atom is -0.491 e. The molecule has 1 fully saturated rings. The molecule has 0 atom stereocenters. The van der Waals surface area contributed by atoms with Gasteiger partial charge in [-0.05, 0) is 79.6 Å². The highest BCUT2D eigenvalue weighted by atomic mass is 32.2. The van der Waals surface area contributed by atoms with Crippen LogP contribution in [0.1, 0.15) is 17.5 Å². The first kappa shape index (κ1) is 33.3. The van der Waals surface area contributed by atoms with Crippen molar-refractivity contribution in [2.24, 2.45) is 4.99 Å². The first-order valence-electron chi connectivity index (χ1n) is 13.7. The van der Waals surface area contributed by atoms with E-state index >= 15 is 0 Å². The highest BCUT2D eigenvalue weighted by molar-refractivity contribution is 8.15. The summed E-state index contributed by atoms with van der Waals surface area (Å²) in [6.07, 6.45) is -9.01. The number of amidine groups is 1. The number of carbonyl (C=O) groups is 2. The van der Waals surface area contributed by atoms with Gasteiger partial charge in [0.25, 0.3) is 0 Å². The molecule has 47 heavy (non-hydrogen) atoms. The first-order chi connectivity index (χ1) is 22.1. The van der Waals surface area contributed by atoms with Gasteiger partial charge >= 0.3 is 18.6 Å². The van der Waals surface area contributed by atoms with Gasteiger partial charge in [-0.1, -0.05) is 17.8 Å². The number of nitrogens with one attached hydrogen (secondary N) is 1. The molecule has 0 radical (unpaired) electrons. The van der Waals surface area contributed by atoms with E-state index < -0.39 is 37.5 Å². The summed E-state index contributed by atoms with van der Waals surface area (Å²) in [5.41, 5.74) is 2.93. The zero-order valence-corrected chi connectivity index (χ0v) is 25.3. The summed E-state index contributed by atoms with van der Waals surface area (Å²) < 4.78 is 85.9. The largest absolute Gasteiger partial charge is 0.573 e. The fourth-order valence-corrected chi connectivity index (χ4v) is 5.23. The summed E-state index contributed by atoms with van der Waals surface area (Å²) in [5, 5.41) is 7.06. The number of anilines is 2. The van der Waals surface area contributed by atoms with Crippen LogP contribution in [-0.4, -0.2) is 56.8 Å². The number of ether oxygens (including phenoxy) is 2. The second-order valence-electron chi connectivity index (χ2n) is 10.1. The van der Waals surface area contributed by atoms with Gasteiger partial charge < -0.3 is 14.8 Å². The average Bonchev–Trinajstić information content (AvgIpc) is 3.61. The molecular weight excluding hydrogens is 654 g/mol. The Kier molecular flexibility index (Phi) is 9.46. The van der Waals surface area contributed by atoms with Crippen molar-refractivity contribution in [3.63, 3.8) is 0 Å².